The van der Waals surface area contributed by atoms with Crippen LogP contribution in [0.2, 0.25) is 0 Å². The third kappa shape index (κ3) is 4.24. The second-order valence-corrected chi connectivity index (χ2v) is 7.80. The summed E-state index contributed by atoms with van der Waals surface area (Å²) in [7, 11) is 0. The summed E-state index contributed by atoms with van der Waals surface area (Å²) >= 11 is 0. The van der Waals surface area contributed by atoms with Crippen LogP contribution in [0.15, 0.2) is 24.4 Å². The SMILES string of the molecule is CC(=O)N1CCC(c2cc(Nc3cc(C)ccn3)nc(N3CCCC3)n2)CC1. The molecule has 0 radical (unpaired) electrons. The van der Waals surface area contributed by atoms with Gasteiger partial charge in [0, 0.05) is 51.3 Å². The van der Waals surface area contributed by atoms with Crippen molar-refractivity contribution in [3.05, 3.63) is 35.7 Å². The molecule has 2 fully saturated rings. The van der Waals surface area contributed by atoms with Crippen LogP contribution < -0.4 is 10.2 Å². The zero-order valence-electron chi connectivity index (χ0n) is 16.7. The first kappa shape index (κ1) is 18.7. The zero-order chi connectivity index (χ0) is 19.5. The minimum Gasteiger partial charge on any atom is -0.343 e. The van der Waals surface area contributed by atoms with E-state index in [4.69, 9.17) is 9.97 Å². The fraction of sp³-hybridized carbons (Fsp3) is 0.524. The number of nitrogens with one attached hydrogen (secondary N) is 1. The maximum absolute atomic E-state index is 11.6. The predicted octanol–water partition coefficient (Wildman–Crippen LogP) is 3.25. The van der Waals surface area contributed by atoms with Crippen LogP contribution in [0, 0.1) is 6.92 Å². The largest absolute Gasteiger partial charge is 0.343 e. The summed E-state index contributed by atoms with van der Waals surface area (Å²) in [5, 5.41) is 3.36. The Labute approximate surface area is 166 Å². The first-order valence-electron chi connectivity index (χ1n) is 10.2. The van der Waals surface area contributed by atoms with Gasteiger partial charge in [-0.2, -0.15) is 4.98 Å². The van der Waals surface area contributed by atoms with E-state index in [1.54, 1.807) is 13.1 Å². The Morgan fingerprint density at radius 1 is 1.07 bits per heavy atom. The van der Waals surface area contributed by atoms with Crippen molar-refractivity contribution in [2.24, 2.45) is 0 Å². The lowest BCUT2D eigenvalue weighted by molar-refractivity contribution is -0.129. The van der Waals surface area contributed by atoms with Gasteiger partial charge in [-0.15, -0.1) is 0 Å². The van der Waals surface area contributed by atoms with Crippen molar-refractivity contribution in [1.82, 2.24) is 19.9 Å². The Hall–Kier alpha value is -2.70. The van der Waals surface area contributed by atoms with Crippen LogP contribution in [-0.2, 0) is 4.79 Å². The fourth-order valence-electron chi connectivity index (χ4n) is 4.01. The highest BCUT2D eigenvalue weighted by molar-refractivity contribution is 5.73. The Bertz CT molecular complexity index is 841. The second-order valence-electron chi connectivity index (χ2n) is 7.80. The van der Waals surface area contributed by atoms with Gasteiger partial charge in [-0.3, -0.25) is 4.79 Å². The number of amides is 1. The molecule has 7 heteroatoms. The molecule has 28 heavy (non-hydrogen) atoms. The molecular formula is C21H28N6O. The first-order valence-corrected chi connectivity index (χ1v) is 10.2. The first-order chi connectivity index (χ1) is 13.6. The summed E-state index contributed by atoms with van der Waals surface area (Å²) in [6.07, 6.45) is 6.06. The molecule has 2 aromatic rings. The lowest BCUT2D eigenvalue weighted by Crippen LogP contribution is -2.36. The van der Waals surface area contributed by atoms with Crippen molar-refractivity contribution in [3.8, 4) is 0 Å². The number of rotatable bonds is 4. The molecule has 4 heterocycles. The Morgan fingerprint density at radius 3 is 2.50 bits per heavy atom. The number of piperidine rings is 1. The van der Waals surface area contributed by atoms with E-state index in [0.29, 0.717) is 5.92 Å². The van der Waals surface area contributed by atoms with E-state index in [1.807, 2.05) is 17.0 Å². The lowest BCUT2D eigenvalue weighted by Gasteiger charge is -2.31. The molecule has 2 aliphatic heterocycles. The number of aryl methyl sites for hydroxylation is 1. The second kappa shape index (κ2) is 8.12. The third-order valence-electron chi connectivity index (χ3n) is 5.65. The van der Waals surface area contributed by atoms with E-state index in [9.17, 15) is 4.79 Å². The third-order valence-corrected chi connectivity index (χ3v) is 5.65. The van der Waals surface area contributed by atoms with Gasteiger partial charge in [0.05, 0.1) is 5.69 Å². The standard InChI is InChI=1S/C21H28N6O/c1-15-5-8-22-19(13-15)24-20-14-18(17-6-11-26(12-7-17)16(2)28)23-21(25-20)27-9-3-4-10-27/h5,8,13-14,17H,3-4,6-7,9-12H2,1-2H3,(H,22,23,24,25). The average Bonchev–Trinajstić information content (AvgIpc) is 3.23. The molecule has 0 bridgehead atoms. The van der Waals surface area contributed by atoms with E-state index >= 15 is 0 Å². The predicted molar refractivity (Wildman–Crippen MR) is 110 cm³/mol. The fourth-order valence-corrected chi connectivity index (χ4v) is 4.01. The summed E-state index contributed by atoms with van der Waals surface area (Å²) in [5.74, 6) is 2.90. The number of nitrogens with zero attached hydrogens (tertiary/aromatic N) is 5. The molecule has 0 atom stereocenters. The number of likely N-dealkylation sites (tertiary alicyclic amines) is 1. The summed E-state index contributed by atoms with van der Waals surface area (Å²) < 4.78 is 0. The van der Waals surface area contributed by atoms with Gasteiger partial charge in [0.1, 0.15) is 11.6 Å². The highest BCUT2D eigenvalue weighted by Crippen LogP contribution is 2.30. The van der Waals surface area contributed by atoms with Gasteiger partial charge in [-0.25, -0.2) is 9.97 Å². The van der Waals surface area contributed by atoms with Crippen molar-refractivity contribution >= 4 is 23.5 Å². The maximum Gasteiger partial charge on any atom is 0.227 e. The van der Waals surface area contributed by atoms with Crippen molar-refractivity contribution in [1.29, 1.82) is 0 Å². The number of carbonyl (C=O) groups excluding carboxylic acids is 1. The molecule has 1 amide bonds. The summed E-state index contributed by atoms with van der Waals surface area (Å²) in [4.78, 5) is 29.9. The monoisotopic (exact) mass is 380 g/mol. The van der Waals surface area contributed by atoms with E-state index < -0.39 is 0 Å². The number of hydrogen-bond donors (Lipinski definition) is 1. The number of pyridine rings is 1. The molecule has 2 saturated heterocycles. The molecule has 148 valence electrons. The summed E-state index contributed by atoms with van der Waals surface area (Å²) in [6.45, 7) is 7.31. The van der Waals surface area contributed by atoms with Crippen LogP contribution >= 0.6 is 0 Å². The molecule has 0 saturated carbocycles. The van der Waals surface area contributed by atoms with Crippen LogP contribution in [0.3, 0.4) is 0 Å². The van der Waals surface area contributed by atoms with Crippen molar-refractivity contribution < 1.29 is 4.79 Å². The number of anilines is 3. The molecule has 0 unspecified atom stereocenters. The molecule has 2 aromatic heterocycles. The van der Waals surface area contributed by atoms with E-state index in [2.05, 4.69) is 28.2 Å². The molecule has 0 aromatic carbocycles. The minimum atomic E-state index is 0.159. The van der Waals surface area contributed by atoms with Gasteiger partial charge in [0.25, 0.3) is 0 Å². The quantitative estimate of drug-likeness (QED) is 0.878. The normalized spacial score (nSPS) is 17.8. The zero-order valence-corrected chi connectivity index (χ0v) is 16.7. The van der Waals surface area contributed by atoms with E-state index in [-0.39, 0.29) is 5.91 Å². The van der Waals surface area contributed by atoms with Gasteiger partial charge in [-0.05, 0) is 50.3 Å². The van der Waals surface area contributed by atoms with Crippen LogP contribution in [0.25, 0.3) is 0 Å². The number of aromatic nitrogens is 3. The van der Waals surface area contributed by atoms with Crippen LogP contribution in [-0.4, -0.2) is 51.9 Å². The number of carbonyl (C=O) groups is 1. The Balaban J connectivity index is 1.60. The van der Waals surface area contributed by atoms with Crippen LogP contribution in [0.4, 0.5) is 17.6 Å². The van der Waals surface area contributed by atoms with Crippen molar-refractivity contribution in [2.75, 3.05) is 36.4 Å². The molecular weight excluding hydrogens is 352 g/mol. The summed E-state index contributed by atoms with van der Waals surface area (Å²) in [6, 6.07) is 6.05. The molecule has 2 aliphatic rings. The highest BCUT2D eigenvalue weighted by atomic mass is 16.2. The van der Waals surface area contributed by atoms with Crippen LogP contribution in [0.1, 0.15) is 49.8 Å². The van der Waals surface area contributed by atoms with Gasteiger partial charge in [-0.1, -0.05) is 0 Å². The Morgan fingerprint density at radius 2 is 1.82 bits per heavy atom. The topological polar surface area (TPSA) is 74.2 Å². The van der Waals surface area contributed by atoms with Gasteiger partial charge < -0.3 is 15.1 Å². The van der Waals surface area contributed by atoms with Gasteiger partial charge in [0.15, 0.2) is 0 Å². The number of hydrogen-bond acceptors (Lipinski definition) is 6. The van der Waals surface area contributed by atoms with Crippen LogP contribution in [0.5, 0.6) is 0 Å². The Kier molecular flexibility index (Phi) is 5.41. The molecule has 7 nitrogen and oxygen atoms in total. The molecule has 1 N–H and O–H groups in total. The van der Waals surface area contributed by atoms with E-state index in [1.165, 1.54) is 12.8 Å². The lowest BCUT2D eigenvalue weighted by atomic mass is 9.93. The molecule has 4 rings (SSSR count). The van der Waals surface area contributed by atoms with Gasteiger partial charge >= 0.3 is 0 Å². The highest BCUT2D eigenvalue weighted by Gasteiger charge is 2.25. The van der Waals surface area contributed by atoms with Crippen molar-refractivity contribution in [2.45, 2.75) is 45.4 Å². The average molecular weight is 380 g/mol. The smallest absolute Gasteiger partial charge is 0.227 e. The molecule has 0 aliphatic carbocycles. The molecule has 0 spiro atoms. The van der Waals surface area contributed by atoms with Gasteiger partial charge in [0.2, 0.25) is 11.9 Å². The summed E-state index contributed by atoms with van der Waals surface area (Å²) in [5.41, 5.74) is 2.22. The van der Waals surface area contributed by atoms with E-state index in [0.717, 1.165) is 67.9 Å². The maximum atomic E-state index is 11.6. The minimum absolute atomic E-state index is 0.159. The van der Waals surface area contributed by atoms with Crippen molar-refractivity contribution in [3.63, 3.8) is 0 Å².